The van der Waals surface area contributed by atoms with Crippen molar-refractivity contribution >= 4 is 15.9 Å². The van der Waals surface area contributed by atoms with Gasteiger partial charge < -0.3 is 5.32 Å². The van der Waals surface area contributed by atoms with Crippen molar-refractivity contribution in [2.75, 3.05) is 6.54 Å². The van der Waals surface area contributed by atoms with Gasteiger partial charge in [0, 0.05) is 12.6 Å². The number of nitrogens with one attached hydrogen (secondary N) is 1. The lowest BCUT2D eigenvalue weighted by Gasteiger charge is -2.25. The summed E-state index contributed by atoms with van der Waals surface area (Å²) < 4.78 is 29.0. The third-order valence-corrected chi connectivity index (χ3v) is 8.22. The topological polar surface area (TPSA) is 66.5 Å². The Morgan fingerprint density at radius 1 is 0.857 bits per heavy atom. The van der Waals surface area contributed by atoms with Gasteiger partial charge in [0.2, 0.25) is 15.9 Å². The predicted octanol–water partition coefficient (Wildman–Crippen LogP) is 5.25. The van der Waals surface area contributed by atoms with Crippen LogP contribution in [-0.2, 0) is 27.8 Å². The van der Waals surface area contributed by atoms with Crippen LogP contribution in [0.15, 0.2) is 71.6 Å². The number of carbonyl (C=O) groups is 1. The molecule has 3 rings (SSSR count). The van der Waals surface area contributed by atoms with Crippen LogP contribution in [0.25, 0.3) is 0 Å². The molecule has 0 unspecified atom stereocenters. The smallest absolute Gasteiger partial charge is 0.244 e. The molecule has 1 amide bonds. The minimum atomic E-state index is -3.90. The molecule has 0 aromatic heterocycles. The molecule has 3 aromatic carbocycles. The second-order valence-electron chi connectivity index (χ2n) is 9.48. The summed E-state index contributed by atoms with van der Waals surface area (Å²) in [5, 5.41) is 2.99. The number of hydrogen-bond acceptors (Lipinski definition) is 3. The lowest BCUT2D eigenvalue weighted by Crippen LogP contribution is -2.43. The van der Waals surface area contributed by atoms with E-state index in [0.29, 0.717) is 11.1 Å². The average molecular weight is 493 g/mol. The van der Waals surface area contributed by atoms with Gasteiger partial charge in [-0.15, -0.1) is 0 Å². The summed E-state index contributed by atoms with van der Waals surface area (Å²) in [6, 6.07) is 21.5. The van der Waals surface area contributed by atoms with Crippen molar-refractivity contribution in [3.05, 3.63) is 100 Å². The fourth-order valence-electron chi connectivity index (χ4n) is 4.41. The molecule has 0 fully saturated rings. The first-order valence-corrected chi connectivity index (χ1v) is 13.5. The van der Waals surface area contributed by atoms with E-state index in [4.69, 9.17) is 0 Å². The van der Waals surface area contributed by atoms with Crippen LogP contribution >= 0.6 is 0 Å². The average Bonchev–Trinajstić information content (AvgIpc) is 2.78. The normalized spacial score (nSPS) is 12.5. The van der Waals surface area contributed by atoms with E-state index in [9.17, 15) is 13.2 Å². The maximum Gasteiger partial charge on any atom is 0.244 e. The second-order valence-corrected chi connectivity index (χ2v) is 11.4. The molecule has 0 heterocycles. The van der Waals surface area contributed by atoms with Gasteiger partial charge in [0.05, 0.1) is 11.4 Å². The fraction of sp³-hybridized carbons (Fsp3) is 0.345. The van der Waals surface area contributed by atoms with Crippen molar-refractivity contribution < 1.29 is 13.2 Å². The van der Waals surface area contributed by atoms with E-state index in [0.717, 1.165) is 29.5 Å². The Labute approximate surface area is 210 Å². The van der Waals surface area contributed by atoms with Crippen molar-refractivity contribution in [3.63, 3.8) is 0 Å². The molecule has 0 spiro atoms. The van der Waals surface area contributed by atoms with Crippen LogP contribution in [0.2, 0.25) is 0 Å². The van der Waals surface area contributed by atoms with Gasteiger partial charge in [-0.05, 0) is 69.7 Å². The molecule has 3 aromatic rings. The van der Waals surface area contributed by atoms with Crippen molar-refractivity contribution in [1.82, 2.24) is 9.62 Å². The molecular formula is C29H36N2O3S. The molecule has 5 nitrogen and oxygen atoms in total. The van der Waals surface area contributed by atoms with Gasteiger partial charge in [-0.1, -0.05) is 77.9 Å². The minimum Gasteiger partial charge on any atom is -0.352 e. The zero-order valence-corrected chi connectivity index (χ0v) is 22.2. The van der Waals surface area contributed by atoms with Crippen LogP contribution in [0, 0.1) is 27.7 Å². The molecule has 0 aliphatic carbocycles. The Balaban J connectivity index is 1.80. The van der Waals surface area contributed by atoms with E-state index in [1.165, 1.54) is 9.87 Å². The van der Waals surface area contributed by atoms with Crippen molar-refractivity contribution in [2.24, 2.45) is 0 Å². The zero-order valence-electron chi connectivity index (χ0n) is 21.3. The summed E-state index contributed by atoms with van der Waals surface area (Å²) >= 11 is 0. The summed E-state index contributed by atoms with van der Waals surface area (Å²) in [7, 11) is -3.90. The number of sulfonamides is 1. The van der Waals surface area contributed by atoms with Crippen LogP contribution < -0.4 is 5.32 Å². The number of rotatable bonds is 10. The highest BCUT2D eigenvalue weighted by Gasteiger charge is 2.30. The van der Waals surface area contributed by atoms with E-state index in [1.807, 2.05) is 89.2 Å². The van der Waals surface area contributed by atoms with Crippen LogP contribution in [0.5, 0.6) is 0 Å². The monoisotopic (exact) mass is 492 g/mol. The third-order valence-electron chi connectivity index (χ3n) is 6.12. The van der Waals surface area contributed by atoms with Gasteiger partial charge in [0.15, 0.2) is 0 Å². The quantitative estimate of drug-likeness (QED) is 0.420. The van der Waals surface area contributed by atoms with E-state index in [2.05, 4.69) is 17.4 Å². The fourth-order valence-corrected chi connectivity index (χ4v) is 6.20. The Morgan fingerprint density at radius 2 is 1.46 bits per heavy atom. The Morgan fingerprint density at radius 3 is 2.06 bits per heavy atom. The highest BCUT2D eigenvalue weighted by atomic mass is 32.2. The van der Waals surface area contributed by atoms with Gasteiger partial charge in [-0.3, -0.25) is 4.79 Å². The Bertz CT molecular complexity index is 1230. The van der Waals surface area contributed by atoms with Gasteiger partial charge in [0.25, 0.3) is 0 Å². The molecule has 35 heavy (non-hydrogen) atoms. The maximum absolute atomic E-state index is 13.8. The summed E-state index contributed by atoms with van der Waals surface area (Å²) in [5.74, 6) is -0.302. The van der Waals surface area contributed by atoms with Crippen molar-refractivity contribution in [2.45, 2.75) is 64.9 Å². The van der Waals surface area contributed by atoms with Gasteiger partial charge in [-0.25, -0.2) is 8.42 Å². The molecule has 0 bridgehead atoms. The third kappa shape index (κ3) is 7.26. The number of hydrogen-bond donors (Lipinski definition) is 1. The van der Waals surface area contributed by atoms with E-state index >= 15 is 0 Å². The zero-order chi connectivity index (χ0) is 25.6. The molecule has 0 saturated carbocycles. The molecule has 0 radical (unpaired) electrons. The van der Waals surface area contributed by atoms with Crippen molar-refractivity contribution in [1.29, 1.82) is 0 Å². The number of benzene rings is 3. The lowest BCUT2D eigenvalue weighted by molar-refractivity contribution is -0.122. The SMILES string of the molecule is Cc1ccc(CN(CC(=O)N[C@H](C)CCc2ccccc2)S(=O)(=O)c2c(C)cc(C)cc2C)cc1. The number of carbonyl (C=O) groups excluding carboxylic acids is 1. The summed E-state index contributed by atoms with van der Waals surface area (Å²) in [4.78, 5) is 13.3. The molecule has 1 atom stereocenters. The van der Waals surface area contributed by atoms with Gasteiger partial charge >= 0.3 is 0 Å². The standard InChI is InChI=1S/C29H36N2O3S/c1-21-11-14-27(15-12-21)19-31(35(33,34)29-23(3)17-22(2)18-24(29)4)20-28(32)30-25(5)13-16-26-9-7-6-8-10-26/h6-12,14-15,17-18,25H,13,16,19-20H2,1-5H3,(H,30,32)/t25-/m1/s1. The molecule has 0 aliphatic heterocycles. The summed E-state index contributed by atoms with van der Waals surface area (Å²) in [6.45, 7) is 9.39. The highest BCUT2D eigenvalue weighted by Crippen LogP contribution is 2.26. The highest BCUT2D eigenvalue weighted by molar-refractivity contribution is 7.89. The number of aryl methyl sites for hydroxylation is 5. The molecule has 1 N–H and O–H groups in total. The second kappa shape index (κ2) is 11.6. The Hall–Kier alpha value is -2.96. The van der Waals surface area contributed by atoms with Crippen LogP contribution in [0.1, 0.15) is 46.7 Å². The van der Waals surface area contributed by atoms with Crippen LogP contribution in [0.4, 0.5) is 0 Å². The lowest BCUT2D eigenvalue weighted by atomic mass is 10.1. The van der Waals surface area contributed by atoms with Crippen LogP contribution in [0.3, 0.4) is 0 Å². The first-order valence-electron chi connectivity index (χ1n) is 12.0. The van der Waals surface area contributed by atoms with Crippen LogP contribution in [-0.4, -0.2) is 31.2 Å². The molecule has 186 valence electrons. The summed E-state index contributed by atoms with van der Waals surface area (Å²) in [6.07, 6.45) is 1.62. The first-order chi connectivity index (χ1) is 16.6. The largest absolute Gasteiger partial charge is 0.352 e. The molecule has 0 aliphatic rings. The van der Waals surface area contributed by atoms with E-state index in [1.54, 1.807) is 0 Å². The minimum absolute atomic E-state index is 0.0746. The van der Waals surface area contributed by atoms with Gasteiger partial charge in [-0.2, -0.15) is 4.31 Å². The Kier molecular flexibility index (Phi) is 8.87. The molecule has 0 saturated heterocycles. The van der Waals surface area contributed by atoms with Crippen molar-refractivity contribution in [3.8, 4) is 0 Å². The maximum atomic E-state index is 13.8. The molecule has 6 heteroatoms. The predicted molar refractivity (Wildman–Crippen MR) is 142 cm³/mol. The molecular weight excluding hydrogens is 456 g/mol. The number of amides is 1. The summed E-state index contributed by atoms with van der Waals surface area (Å²) in [5.41, 5.74) is 5.53. The van der Waals surface area contributed by atoms with Gasteiger partial charge in [0.1, 0.15) is 0 Å². The number of nitrogens with zero attached hydrogens (tertiary/aromatic N) is 1. The van der Waals surface area contributed by atoms with E-state index < -0.39 is 10.0 Å². The first kappa shape index (κ1) is 26.6. The van der Waals surface area contributed by atoms with E-state index in [-0.39, 0.29) is 29.9 Å².